The molecule has 0 amide bonds. The average Bonchev–Trinajstić information content (AvgIpc) is 2.85. The zero-order valence-corrected chi connectivity index (χ0v) is 10.9. The molecule has 1 spiro atoms. The van der Waals surface area contributed by atoms with Crippen LogP contribution in [0.15, 0.2) is 0 Å². The van der Waals surface area contributed by atoms with Gasteiger partial charge < -0.3 is 4.74 Å². The summed E-state index contributed by atoms with van der Waals surface area (Å²) in [6.07, 6.45) is 7.23. The summed E-state index contributed by atoms with van der Waals surface area (Å²) < 4.78 is 6.06. The van der Waals surface area contributed by atoms with Gasteiger partial charge in [0.15, 0.2) is 0 Å². The minimum absolute atomic E-state index is 0.346. The van der Waals surface area contributed by atoms with Crippen molar-refractivity contribution in [2.45, 2.75) is 58.5 Å². The second kappa shape index (κ2) is 2.53. The van der Waals surface area contributed by atoms with E-state index in [0.29, 0.717) is 16.4 Å². The summed E-state index contributed by atoms with van der Waals surface area (Å²) in [5, 5.41) is 0. The largest absolute Gasteiger partial charge is 0.369 e. The predicted molar refractivity (Wildman–Crippen MR) is 64.1 cm³/mol. The van der Waals surface area contributed by atoms with Crippen molar-refractivity contribution >= 4 is 0 Å². The Morgan fingerprint density at radius 1 is 1.00 bits per heavy atom. The second-order valence-corrected chi connectivity index (χ2v) is 7.75. The van der Waals surface area contributed by atoms with Gasteiger partial charge in [0.1, 0.15) is 5.60 Å². The maximum Gasteiger partial charge on any atom is 0.100 e. The monoisotopic (exact) mass is 220 g/mol. The van der Waals surface area contributed by atoms with E-state index in [1.54, 1.807) is 0 Å². The first kappa shape index (κ1) is 9.94. The van der Waals surface area contributed by atoms with E-state index in [1.807, 2.05) is 0 Å². The zero-order chi connectivity index (χ0) is 11.2. The number of ether oxygens (including phenoxy) is 1. The molecule has 0 unspecified atom stereocenters. The van der Waals surface area contributed by atoms with Crippen molar-refractivity contribution in [2.24, 2.45) is 28.6 Å². The molecule has 3 aliphatic carbocycles. The van der Waals surface area contributed by atoms with E-state index < -0.39 is 0 Å². The Morgan fingerprint density at radius 2 is 1.69 bits per heavy atom. The minimum Gasteiger partial charge on any atom is -0.369 e. The van der Waals surface area contributed by atoms with Crippen LogP contribution in [0.3, 0.4) is 0 Å². The molecule has 4 bridgehead atoms. The number of fused-ring (bicyclic) bond motifs is 2. The molecule has 0 N–H and O–H groups in total. The van der Waals surface area contributed by atoms with Crippen molar-refractivity contribution in [1.82, 2.24) is 0 Å². The fourth-order valence-corrected chi connectivity index (χ4v) is 6.16. The topological polar surface area (TPSA) is 12.5 Å². The normalized spacial score (nSPS) is 61.3. The highest BCUT2D eigenvalue weighted by Crippen LogP contribution is 2.76. The van der Waals surface area contributed by atoms with E-state index in [9.17, 15) is 0 Å². The first-order valence-corrected chi connectivity index (χ1v) is 7.15. The van der Waals surface area contributed by atoms with Crippen molar-refractivity contribution in [1.29, 1.82) is 0 Å². The summed E-state index contributed by atoms with van der Waals surface area (Å²) in [5.74, 6) is 2.83. The van der Waals surface area contributed by atoms with Gasteiger partial charge in [-0.15, -0.1) is 0 Å². The summed E-state index contributed by atoms with van der Waals surface area (Å²) in [4.78, 5) is 0. The molecule has 1 heterocycles. The van der Waals surface area contributed by atoms with E-state index in [2.05, 4.69) is 20.8 Å². The molecule has 16 heavy (non-hydrogen) atoms. The lowest BCUT2D eigenvalue weighted by Crippen LogP contribution is -2.41. The molecule has 90 valence electrons. The van der Waals surface area contributed by atoms with E-state index in [-0.39, 0.29) is 0 Å². The first-order valence-electron chi connectivity index (χ1n) is 7.15. The van der Waals surface area contributed by atoms with Crippen LogP contribution in [0.1, 0.15) is 52.9 Å². The molecule has 3 saturated carbocycles. The molecule has 0 radical (unpaired) electrons. The Balaban J connectivity index is 1.87. The van der Waals surface area contributed by atoms with Crippen LogP contribution in [-0.4, -0.2) is 12.2 Å². The fourth-order valence-electron chi connectivity index (χ4n) is 6.16. The quantitative estimate of drug-likeness (QED) is 0.568. The zero-order valence-electron chi connectivity index (χ0n) is 10.9. The van der Waals surface area contributed by atoms with E-state index >= 15 is 0 Å². The summed E-state index contributed by atoms with van der Waals surface area (Å²) in [7, 11) is 0. The van der Waals surface area contributed by atoms with Gasteiger partial charge in [-0.25, -0.2) is 0 Å². The van der Waals surface area contributed by atoms with Crippen LogP contribution in [0.4, 0.5) is 0 Å². The molecule has 1 aliphatic heterocycles. The molecule has 4 fully saturated rings. The molecule has 1 nitrogen and oxygen atoms in total. The Hall–Kier alpha value is -0.0400. The van der Waals surface area contributed by atoms with Gasteiger partial charge in [0.05, 0.1) is 6.61 Å². The standard InChI is InChI=1S/C15H24O/c1-13(2)7-4-8-14(3)10-5-6-11(12(10)13)15(14)9-16-15/h10-12H,4-9H2,1-3H3/t10-,11+,12-,14+,15-/m1/s1. The Kier molecular flexibility index (Phi) is 1.57. The molecular weight excluding hydrogens is 196 g/mol. The smallest absolute Gasteiger partial charge is 0.100 e. The Bertz CT molecular complexity index is 341. The van der Waals surface area contributed by atoms with E-state index in [1.165, 1.54) is 32.1 Å². The lowest BCUT2D eigenvalue weighted by Gasteiger charge is -2.39. The molecule has 5 atom stereocenters. The van der Waals surface area contributed by atoms with Crippen molar-refractivity contribution < 1.29 is 4.74 Å². The summed E-state index contributed by atoms with van der Waals surface area (Å²) in [6.45, 7) is 8.68. The lowest BCUT2D eigenvalue weighted by atomic mass is 9.64. The van der Waals surface area contributed by atoms with Crippen molar-refractivity contribution in [3.8, 4) is 0 Å². The average molecular weight is 220 g/mol. The molecule has 4 rings (SSSR count). The van der Waals surface area contributed by atoms with Crippen LogP contribution in [0.25, 0.3) is 0 Å². The lowest BCUT2D eigenvalue weighted by molar-refractivity contribution is 0.0444. The number of hydrogen-bond acceptors (Lipinski definition) is 1. The van der Waals surface area contributed by atoms with Gasteiger partial charge in [-0.3, -0.25) is 0 Å². The first-order chi connectivity index (χ1) is 7.51. The van der Waals surface area contributed by atoms with Crippen molar-refractivity contribution in [3.05, 3.63) is 0 Å². The van der Waals surface area contributed by atoms with E-state index in [4.69, 9.17) is 4.74 Å². The van der Waals surface area contributed by atoms with Gasteiger partial charge in [0.25, 0.3) is 0 Å². The highest BCUT2D eigenvalue weighted by atomic mass is 16.6. The summed E-state index contributed by atoms with van der Waals surface area (Å²) in [5.41, 5.74) is 1.45. The highest BCUT2D eigenvalue weighted by molar-refractivity contribution is 5.25. The number of rotatable bonds is 0. The van der Waals surface area contributed by atoms with Gasteiger partial charge in [-0.05, 0) is 48.9 Å². The highest BCUT2D eigenvalue weighted by Gasteiger charge is 2.77. The van der Waals surface area contributed by atoms with Crippen LogP contribution in [-0.2, 0) is 4.74 Å². The molecule has 0 aromatic rings. The maximum absolute atomic E-state index is 6.06. The predicted octanol–water partition coefficient (Wildman–Crippen LogP) is 3.63. The van der Waals surface area contributed by atoms with Gasteiger partial charge >= 0.3 is 0 Å². The third kappa shape index (κ3) is 0.836. The molecule has 1 heteroatoms. The molecule has 4 aliphatic rings. The SMILES string of the molecule is CC1(C)CCC[C@@]2(C)[C@@H]3CC[C@@H]([C@@H]31)[C@]21CO1. The summed E-state index contributed by atoms with van der Waals surface area (Å²) >= 11 is 0. The van der Waals surface area contributed by atoms with Crippen LogP contribution >= 0.6 is 0 Å². The molecular formula is C15H24O. The van der Waals surface area contributed by atoms with Gasteiger partial charge in [0.2, 0.25) is 0 Å². The van der Waals surface area contributed by atoms with Crippen LogP contribution in [0, 0.1) is 28.6 Å². The molecule has 1 saturated heterocycles. The van der Waals surface area contributed by atoms with Crippen LogP contribution in [0.5, 0.6) is 0 Å². The minimum atomic E-state index is 0.346. The molecule has 0 aromatic heterocycles. The van der Waals surface area contributed by atoms with Crippen LogP contribution in [0.2, 0.25) is 0 Å². The van der Waals surface area contributed by atoms with E-state index in [0.717, 1.165) is 24.4 Å². The van der Waals surface area contributed by atoms with Crippen LogP contribution < -0.4 is 0 Å². The third-order valence-electron chi connectivity index (χ3n) is 6.91. The number of hydrogen-bond donors (Lipinski definition) is 0. The van der Waals surface area contributed by atoms with Crippen molar-refractivity contribution in [3.63, 3.8) is 0 Å². The fraction of sp³-hybridized carbons (Fsp3) is 1.00. The second-order valence-electron chi connectivity index (χ2n) is 7.75. The Labute approximate surface area is 98.9 Å². The van der Waals surface area contributed by atoms with Gasteiger partial charge in [-0.2, -0.15) is 0 Å². The third-order valence-corrected chi connectivity index (χ3v) is 6.91. The number of epoxide rings is 1. The molecule has 0 aromatic carbocycles. The van der Waals surface area contributed by atoms with Gasteiger partial charge in [-0.1, -0.05) is 27.2 Å². The summed E-state index contributed by atoms with van der Waals surface area (Å²) in [6, 6.07) is 0. The van der Waals surface area contributed by atoms with Gasteiger partial charge in [0, 0.05) is 5.41 Å². The Morgan fingerprint density at radius 3 is 2.38 bits per heavy atom. The van der Waals surface area contributed by atoms with Crippen molar-refractivity contribution in [2.75, 3.05) is 6.61 Å². The maximum atomic E-state index is 6.06.